The predicted molar refractivity (Wildman–Crippen MR) is 95.8 cm³/mol. The fourth-order valence-corrected chi connectivity index (χ4v) is 3.13. The van der Waals surface area contributed by atoms with Crippen molar-refractivity contribution in [1.29, 1.82) is 0 Å². The molecule has 1 aliphatic heterocycles. The fourth-order valence-electron chi connectivity index (χ4n) is 2.53. The normalized spacial score (nSPS) is 36.4. The van der Waals surface area contributed by atoms with E-state index in [4.69, 9.17) is 9.39 Å². The average Bonchev–Trinajstić information content (AvgIpc) is 2.37. The third-order valence-corrected chi connectivity index (χ3v) is 5.10. The number of halogens is 1. The highest BCUT2D eigenvalue weighted by Gasteiger charge is 2.40. The Labute approximate surface area is 138 Å². The summed E-state index contributed by atoms with van der Waals surface area (Å²) in [4.78, 5) is 0. The van der Waals surface area contributed by atoms with Gasteiger partial charge in [-0.25, -0.2) is 0 Å². The zero-order chi connectivity index (χ0) is 14.6. The van der Waals surface area contributed by atoms with Crippen molar-refractivity contribution in [2.24, 2.45) is 11.8 Å². The lowest BCUT2D eigenvalue weighted by molar-refractivity contribution is -0.153. The number of aliphatic hydroxyl groups excluding tert-OH is 1. The first-order valence-corrected chi connectivity index (χ1v) is 8.97. The molecule has 1 aliphatic rings. The van der Waals surface area contributed by atoms with Crippen molar-refractivity contribution < 1.29 is 14.5 Å². The minimum absolute atomic E-state index is 0.00380. The van der Waals surface area contributed by atoms with Crippen LogP contribution in [0.1, 0.15) is 27.2 Å². The molecule has 19 heavy (non-hydrogen) atoms. The molecular formula is C12H23BIO3PS. The molecule has 6 atom stereocenters. The lowest BCUT2D eigenvalue weighted by Crippen LogP contribution is -2.49. The maximum atomic E-state index is 10.4. The van der Waals surface area contributed by atoms with E-state index in [1.165, 1.54) is 5.57 Å². The van der Waals surface area contributed by atoms with Crippen molar-refractivity contribution in [2.75, 3.05) is 6.61 Å². The summed E-state index contributed by atoms with van der Waals surface area (Å²) in [6, 6.07) is 0. The van der Waals surface area contributed by atoms with E-state index in [0.29, 0.717) is 6.61 Å². The van der Waals surface area contributed by atoms with Crippen molar-refractivity contribution >= 4 is 50.1 Å². The second-order valence-corrected chi connectivity index (χ2v) is 7.51. The van der Waals surface area contributed by atoms with Crippen molar-refractivity contribution in [1.82, 2.24) is 0 Å². The summed E-state index contributed by atoms with van der Waals surface area (Å²) in [5.41, 5.74) is 1.17. The van der Waals surface area contributed by atoms with Gasteiger partial charge in [-0.2, -0.15) is 12.5 Å². The number of ether oxygens (including phenoxy) is 1. The molecule has 0 aromatic carbocycles. The highest BCUT2D eigenvalue weighted by Crippen LogP contribution is 2.35. The monoisotopic (exact) mass is 416 g/mol. The van der Waals surface area contributed by atoms with Gasteiger partial charge in [0.05, 0.1) is 18.3 Å². The Hall–Kier alpha value is 1.19. The zero-order valence-corrected chi connectivity index (χ0v) is 15.8. The molecule has 1 rings (SSSR count). The highest BCUT2D eigenvalue weighted by atomic mass is 127. The van der Waals surface area contributed by atoms with Gasteiger partial charge in [0.2, 0.25) is 0 Å². The summed E-state index contributed by atoms with van der Waals surface area (Å²) in [5.74, 6) is 0.104. The van der Waals surface area contributed by atoms with Crippen molar-refractivity contribution in [2.45, 2.75) is 45.5 Å². The van der Waals surface area contributed by atoms with Crippen LogP contribution in [-0.2, 0) is 9.39 Å². The molecule has 1 unspecified atom stereocenters. The van der Waals surface area contributed by atoms with E-state index in [-0.39, 0.29) is 36.1 Å². The van der Waals surface area contributed by atoms with Crippen LogP contribution < -0.4 is 0 Å². The van der Waals surface area contributed by atoms with E-state index in [9.17, 15) is 5.11 Å². The molecule has 0 spiro atoms. The molecule has 0 aromatic rings. The molecule has 110 valence electrons. The number of aliphatic hydroxyl groups is 1. The second-order valence-electron chi connectivity index (χ2n) is 5.21. The average molecular weight is 416 g/mol. The van der Waals surface area contributed by atoms with Gasteiger partial charge in [-0.3, -0.25) is 0 Å². The maximum Gasteiger partial charge on any atom is 0.380 e. The molecular weight excluding hydrogens is 393 g/mol. The van der Waals surface area contributed by atoms with Crippen LogP contribution in [0.15, 0.2) is 9.66 Å². The number of thiol groups is 1. The lowest BCUT2D eigenvalue weighted by Gasteiger charge is -2.43. The summed E-state index contributed by atoms with van der Waals surface area (Å²) < 4.78 is 13.6. The Morgan fingerprint density at radius 2 is 2.16 bits per heavy atom. The van der Waals surface area contributed by atoms with E-state index in [2.05, 4.69) is 58.0 Å². The topological polar surface area (TPSA) is 38.7 Å². The third kappa shape index (κ3) is 5.15. The van der Waals surface area contributed by atoms with Crippen LogP contribution >= 0.6 is 44.2 Å². The van der Waals surface area contributed by atoms with Gasteiger partial charge in [0.1, 0.15) is 0 Å². The van der Waals surface area contributed by atoms with Crippen LogP contribution in [0.3, 0.4) is 0 Å². The van der Waals surface area contributed by atoms with Crippen LogP contribution in [0, 0.1) is 11.8 Å². The Morgan fingerprint density at radius 3 is 2.68 bits per heavy atom. The molecule has 7 heteroatoms. The van der Waals surface area contributed by atoms with E-state index >= 15 is 0 Å². The van der Waals surface area contributed by atoms with Crippen LogP contribution in [0.25, 0.3) is 0 Å². The molecule has 3 nitrogen and oxygen atoms in total. The minimum Gasteiger partial charge on any atom is -0.422 e. The van der Waals surface area contributed by atoms with Gasteiger partial charge in [-0.15, -0.1) is 9.12 Å². The van der Waals surface area contributed by atoms with Crippen molar-refractivity contribution in [3.8, 4) is 0 Å². The van der Waals surface area contributed by atoms with Crippen LogP contribution in [0.2, 0.25) is 0 Å². The van der Waals surface area contributed by atoms with E-state index in [1.54, 1.807) is 0 Å². The first-order valence-electron chi connectivity index (χ1n) is 6.54. The van der Waals surface area contributed by atoms with Gasteiger partial charge >= 0.3 is 5.91 Å². The molecule has 0 saturated carbocycles. The molecule has 1 saturated heterocycles. The summed E-state index contributed by atoms with van der Waals surface area (Å²) in [7, 11) is 2.49. The molecule has 0 aromatic heterocycles. The first-order chi connectivity index (χ1) is 8.88. The molecule has 1 N–H and O–H groups in total. The van der Waals surface area contributed by atoms with E-state index < -0.39 is 0 Å². The fraction of sp³-hybridized carbons (Fsp3) is 0.833. The van der Waals surface area contributed by atoms with Gasteiger partial charge in [0.25, 0.3) is 0 Å². The highest BCUT2D eigenvalue weighted by molar-refractivity contribution is 14.1. The summed E-state index contributed by atoms with van der Waals surface area (Å²) in [6.45, 7) is 6.74. The number of hydrogen-bond donors (Lipinski definition) is 2. The maximum absolute atomic E-state index is 10.4. The largest absolute Gasteiger partial charge is 0.422 e. The number of hydrogen-bond acceptors (Lipinski definition) is 4. The quantitative estimate of drug-likeness (QED) is 0.314. The summed E-state index contributed by atoms with van der Waals surface area (Å²) >= 11 is 6.38. The van der Waals surface area contributed by atoms with Gasteiger partial charge in [-0.1, -0.05) is 36.4 Å². The minimum atomic E-state index is -0.335. The Balaban J connectivity index is 2.65. The molecule has 1 fully saturated rings. The molecule has 0 radical (unpaired) electrons. The predicted octanol–water partition coefficient (Wildman–Crippen LogP) is 2.92. The van der Waals surface area contributed by atoms with Crippen LogP contribution in [0.4, 0.5) is 0 Å². The third-order valence-electron chi connectivity index (χ3n) is 3.77. The lowest BCUT2D eigenvalue weighted by atomic mass is 9.80. The van der Waals surface area contributed by atoms with Gasteiger partial charge in [0.15, 0.2) is 0 Å². The first kappa shape index (κ1) is 18.2. The SMILES string of the molecule is CC(=CI)[C@@H]1O[C@H](CCOB(P)S)[C@H](C)[C@@H](O)[C@H]1C. The zero-order valence-electron chi connectivity index (χ0n) is 11.6. The molecule has 0 bridgehead atoms. The molecule has 1 heterocycles. The standard InChI is InChI=1S/C12H23BIO3PS/c1-7(6-14)12-9(3)11(15)8(2)10(17-12)4-5-16-13(18)19/h6,8-12,15,19H,4-5,18H2,1-3H3/t8-,9+,10+,11+,12-/m0/s1. The molecule has 0 aliphatic carbocycles. The smallest absolute Gasteiger partial charge is 0.380 e. The molecule has 0 amide bonds. The van der Waals surface area contributed by atoms with Crippen LogP contribution in [-0.4, -0.2) is 35.9 Å². The van der Waals surface area contributed by atoms with Crippen molar-refractivity contribution in [3.05, 3.63) is 9.66 Å². The number of rotatable bonds is 5. The Bertz CT molecular complexity index is 319. The summed E-state index contributed by atoms with van der Waals surface area (Å²) in [5, 5.41) is 10.4. The Morgan fingerprint density at radius 1 is 1.53 bits per heavy atom. The van der Waals surface area contributed by atoms with E-state index in [1.807, 2.05) is 11.0 Å². The van der Waals surface area contributed by atoms with Gasteiger partial charge in [0, 0.05) is 18.4 Å². The van der Waals surface area contributed by atoms with Crippen molar-refractivity contribution in [3.63, 3.8) is 0 Å². The Kier molecular flexibility index (Phi) is 8.25. The van der Waals surface area contributed by atoms with E-state index in [0.717, 1.165) is 6.42 Å². The van der Waals surface area contributed by atoms with Crippen LogP contribution in [0.5, 0.6) is 0 Å². The van der Waals surface area contributed by atoms with Gasteiger partial charge < -0.3 is 14.5 Å². The van der Waals surface area contributed by atoms with Gasteiger partial charge in [-0.05, 0) is 23.0 Å². The summed E-state index contributed by atoms with van der Waals surface area (Å²) in [6.07, 6.45) is 0.467. The second kappa shape index (κ2) is 8.59.